The van der Waals surface area contributed by atoms with E-state index in [2.05, 4.69) is 28.2 Å². The van der Waals surface area contributed by atoms with Crippen LogP contribution in [0.15, 0.2) is 46.4 Å². The molecule has 0 saturated heterocycles. The van der Waals surface area contributed by atoms with Crippen LogP contribution in [0.4, 0.5) is 0 Å². The third-order valence-electron chi connectivity index (χ3n) is 5.46. The second-order valence-electron chi connectivity index (χ2n) is 7.73. The molecule has 2 aromatic carbocycles. The molecule has 0 spiro atoms. The van der Waals surface area contributed by atoms with Crippen LogP contribution in [0.25, 0.3) is 6.08 Å². The molecule has 2 unspecified atom stereocenters. The van der Waals surface area contributed by atoms with Gasteiger partial charge in [-0.2, -0.15) is 5.26 Å². The molecule has 1 aliphatic carbocycles. The van der Waals surface area contributed by atoms with Gasteiger partial charge in [-0.3, -0.25) is 4.79 Å². The van der Waals surface area contributed by atoms with E-state index < -0.39 is 0 Å². The molecule has 4 nitrogen and oxygen atoms in total. The van der Waals surface area contributed by atoms with Crippen LogP contribution in [0.1, 0.15) is 43.7 Å². The molecule has 0 heterocycles. The average molecular weight is 522 g/mol. The van der Waals surface area contributed by atoms with Gasteiger partial charge in [0.05, 0.1) is 4.47 Å². The number of carbonyl (C=O) groups is 1. The van der Waals surface area contributed by atoms with Crippen molar-refractivity contribution in [1.82, 2.24) is 5.32 Å². The lowest BCUT2D eigenvalue weighted by Gasteiger charge is -2.29. The minimum atomic E-state index is -0.324. The standard InChI is InChI=1S/C24H23BrCl2N2O2/c1-15-4-2-3-5-22(15)29-24(30)18(13-28)10-16-6-9-23(20(25)11-16)31-14-17-7-8-19(26)12-21(17)27/h6-12,15,22H,2-5,14H2,1H3,(H,29,30)/b18-10+. The fourth-order valence-corrected chi connectivity index (χ4v) is 4.58. The summed E-state index contributed by atoms with van der Waals surface area (Å²) in [5.74, 6) is 0.731. The molecule has 1 saturated carbocycles. The summed E-state index contributed by atoms with van der Waals surface area (Å²) in [6, 6.07) is 12.8. The zero-order chi connectivity index (χ0) is 22.4. The first-order valence-electron chi connectivity index (χ1n) is 10.2. The van der Waals surface area contributed by atoms with Gasteiger partial charge in [0, 0.05) is 21.7 Å². The number of halogens is 3. The van der Waals surface area contributed by atoms with E-state index in [1.165, 1.54) is 6.42 Å². The van der Waals surface area contributed by atoms with Gasteiger partial charge in [-0.05, 0) is 70.6 Å². The molecule has 0 bridgehead atoms. The summed E-state index contributed by atoms with van der Waals surface area (Å²) in [5, 5.41) is 13.6. The van der Waals surface area contributed by atoms with E-state index in [9.17, 15) is 10.1 Å². The van der Waals surface area contributed by atoms with Crippen molar-refractivity contribution in [3.63, 3.8) is 0 Å². The number of hydrogen-bond acceptors (Lipinski definition) is 3. The van der Waals surface area contributed by atoms with Gasteiger partial charge in [-0.25, -0.2) is 0 Å². The number of amides is 1. The smallest absolute Gasteiger partial charge is 0.262 e. The Bertz CT molecular complexity index is 1030. The number of nitrogens with one attached hydrogen (secondary N) is 1. The number of carbonyl (C=O) groups excluding carboxylic acids is 1. The second-order valence-corrected chi connectivity index (χ2v) is 9.42. The zero-order valence-electron chi connectivity index (χ0n) is 17.1. The van der Waals surface area contributed by atoms with E-state index in [1.807, 2.05) is 18.2 Å². The summed E-state index contributed by atoms with van der Waals surface area (Å²) >= 11 is 15.6. The fraction of sp³-hybridized carbons (Fsp3) is 0.333. The SMILES string of the molecule is CC1CCCCC1NC(=O)/C(C#N)=C/c1ccc(OCc2ccc(Cl)cc2Cl)c(Br)c1. The summed E-state index contributed by atoms with van der Waals surface area (Å²) in [6.07, 6.45) is 5.96. The van der Waals surface area contributed by atoms with Gasteiger partial charge in [-0.15, -0.1) is 0 Å². The maximum Gasteiger partial charge on any atom is 0.262 e. The summed E-state index contributed by atoms with van der Waals surface area (Å²) in [4.78, 5) is 12.6. The van der Waals surface area contributed by atoms with E-state index in [1.54, 1.807) is 30.3 Å². The van der Waals surface area contributed by atoms with Gasteiger partial charge in [-0.1, -0.05) is 55.1 Å². The van der Waals surface area contributed by atoms with Crippen molar-refractivity contribution >= 4 is 51.1 Å². The van der Waals surface area contributed by atoms with E-state index in [0.29, 0.717) is 26.2 Å². The maximum absolute atomic E-state index is 12.6. The Kier molecular flexibility index (Phi) is 8.43. The van der Waals surface area contributed by atoms with E-state index >= 15 is 0 Å². The summed E-state index contributed by atoms with van der Waals surface area (Å²) in [5.41, 5.74) is 1.64. The lowest BCUT2D eigenvalue weighted by atomic mass is 9.86. The van der Waals surface area contributed by atoms with Gasteiger partial charge in [0.15, 0.2) is 0 Å². The first-order chi connectivity index (χ1) is 14.9. The van der Waals surface area contributed by atoms with Gasteiger partial charge in [0.1, 0.15) is 24.0 Å². The quantitative estimate of drug-likeness (QED) is 0.331. The number of nitrogens with zero attached hydrogens (tertiary/aromatic N) is 1. The van der Waals surface area contributed by atoms with Crippen LogP contribution in [0.2, 0.25) is 10.0 Å². The van der Waals surface area contributed by atoms with Crippen LogP contribution in [0, 0.1) is 17.2 Å². The Labute approximate surface area is 201 Å². The van der Waals surface area contributed by atoms with Crippen molar-refractivity contribution in [1.29, 1.82) is 5.26 Å². The predicted octanol–water partition coefficient (Wildman–Crippen LogP) is 6.94. The lowest BCUT2D eigenvalue weighted by Crippen LogP contribution is -2.41. The highest BCUT2D eigenvalue weighted by atomic mass is 79.9. The molecule has 1 aliphatic rings. The number of hydrogen-bond donors (Lipinski definition) is 1. The number of nitriles is 1. The summed E-state index contributed by atoms with van der Waals surface area (Å²) < 4.78 is 6.56. The molecular formula is C24H23BrCl2N2O2. The summed E-state index contributed by atoms with van der Waals surface area (Å²) in [7, 11) is 0. The molecule has 1 fully saturated rings. The summed E-state index contributed by atoms with van der Waals surface area (Å²) in [6.45, 7) is 2.43. The monoisotopic (exact) mass is 520 g/mol. The first-order valence-corrected chi connectivity index (χ1v) is 11.7. The Morgan fingerprint density at radius 2 is 2.03 bits per heavy atom. The molecule has 31 heavy (non-hydrogen) atoms. The predicted molar refractivity (Wildman–Crippen MR) is 128 cm³/mol. The van der Waals surface area contributed by atoms with Gasteiger partial charge in [0.25, 0.3) is 5.91 Å². The lowest BCUT2D eigenvalue weighted by molar-refractivity contribution is -0.118. The molecule has 2 atom stereocenters. The molecule has 3 rings (SSSR count). The molecule has 1 N–H and O–H groups in total. The van der Waals surface area contributed by atoms with Gasteiger partial charge < -0.3 is 10.1 Å². The van der Waals surface area contributed by atoms with Crippen molar-refractivity contribution in [2.75, 3.05) is 0 Å². The molecule has 7 heteroatoms. The fourth-order valence-electron chi connectivity index (χ4n) is 3.61. The molecule has 2 aromatic rings. The van der Waals surface area contributed by atoms with Crippen molar-refractivity contribution in [2.24, 2.45) is 5.92 Å². The van der Waals surface area contributed by atoms with Crippen molar-refractivity contribution in [3.8, 4) is 11.8 Å². The number of rotatable bonds is 6. The Morgan fingerprint density at radius 3 is 2.71 bits per heavy atom. The van der Waals surface area contributed by atoms with E-state index in [-0.39, 0.29) is 24.1 Å². The van der Waals surface area contributed by atoms with Crippen LogP contribution in [-0.2, 0) is 11.4 Å². The average Bonchev–Trinajstić information content (AvgIpc) is 2.74. The molecule has 1 amide bonds. The van der Waals surface area contributed by atoms with E-state index in [4.69, 9.17) is 27.9 Å². The van der Waals surface area contributed by atoms with Crippen LogP contribution in [0.5, 0.6) is 5.75 Å². The van der Waals surface area contributed by atoms with Crippen LogP contribution < -0.4 is 10.1 Å². The minimum Gasteiger partial charge on any atom is -0.488 e. The van der Waals surface area contributed by atoms with E-state index in [0.717, 1.165) is 30.4 Å². The topological polar surface area (TPSA) is 62.1 Å². The molecule has 0 radical (unpaired) electrons. The molecule has 162 valence electrons. The number of benzene rings is 2. The Balaban J connectivity index is 1.68. The van der Waals surface area contributed by atoms with Gasteiger partial charge >= 0.3 is 0 Å². The molecule has 0 aliphatic heterocycles. The highest BCUT2D eigenvalue weighted by Crippen LogP contribution is 2.29. The highest BCUT2D eigenvalue weighted by molar-refractivity contribution is 9.10. The highest BCUT2D eigenvalue weighted by Gasteiger charge is 2.24. The number of ether oxygens (including phenoxy) is 1. The van der Waals surface area contributed by atoms with Crippen LogP contribution in [-0.4, -0.2) is 11.9 Å². The largest absolute Gasteiger partial charge is 0.488 e. The molecular weight excluding hydrogens is 499 g/mol. The molecule has 0 aromatic heterocycles. The first kappa shape index (κ1) is 23.7. The maximum atomic E-state index is 12.6. The van der Waals surface area contributed by atoms with Gasteiger partial charge in [0.2, 0.25) is 0 Å². The third kappa shape index (κ3) is 6.49. The van der Waals surface area contributed by atoms with Crippen molar-refractivity contribution < 1.29 is 9.53 Å². The van der Waals surface area contributed by atoms with Crippen LogP contribution >= 0.6 is 39.1 Å². The normalized spacial score (nSPS) is 18.9. The minimum absolute atomic E-state index is 0.0892. The Morgan fingerprint density at radius 1 is 1.26 bits per heavy atom. The zero-order valence-corrected chi connectivity index (χ0v) is 20.2. The second kappa shape index (κ2) is 11.0. The van der Waals surface area contributed by atoms with Crippen molar-refractivity contribution in [3.05, 3.63) is 67.6 Å². The van der Waals surface area contributed by atoms with Crippen molar-refractivity contribution in [2.45, 2.75) is 45.3 Å². The third-order valence-corrected chi connectivity index (χ3v) is 6.66. The Hall–Kier alpha value is -2.00. The van der Waals surface area contributed by atoms with Crippen LogP contribution in [0.3, 0.4) is 0 Å².